The molecule has 2 fully saturated rings. The first kappa shape index (κ1) is 38.7. The summed E-state index contributed by atoms with van der Waals surface area (Å²) in [6, 6.07) is 12.4. The summed E-state index contributed by atoms with van der Waals surface area (Å²) in [5, 5.41) is 7.29. The SMILES string of the molecule is CCCN(CCNCCCSC1=CC=CCC1)C1CCCCC1.CCCN(CCNCCCSc1ccccc1)C1CCCC1. The van der Waals surface area contributed by atoms with E-state index in [1.807, 2.05) is 11.8 Å². The van der Waals surface area contributed by atoms with E-state index in [1.165, 1.54) is 145 Å². The topological polar surface area (TPSA) is 30.5 Å². The molecule has 1 aromatic carbocycles. The highest BCUT2D eigenvalue weighted by atomic mass is 32.2. The van der Waals surface area contributed by atoms with Gasteiger partial charge in [0.05, 0.1) is 0 Å². The summed E-state index contributed by atoms with van der Waals surface area (Å²) < 4.78 is 0. The lowest BCUT2D eigenvalue weighted by atomic mass is 9.94. The van der Waals surface area contributed by atoms with E-state index in [0.29, 0.717) is 0 Å². The Morgan fingerprint density at radius 2 is 1.22 bits per heavy atom. The lowest BCUT2D eigenvalue weighted by molar-refractivity contribution is 0.157. The number of hydrogen-bond donors (Lipinski definition) is 2. The highest BCUT2D eigenvalue weighted by Gasteiger charge is 2.21. The van der Waals surface area contributed by atoms with Crippen molar-refractivity contribution >= 4 is 23.5 Å². The van der Waals surface area contributed by atoms with E-state index < -0.39 is 0 Å². The predicted molar refractivity (Wildman–Crippen MR) is 204 cm³/mol. The molecule has 4 rings (SSSR count). The molecule has 45 heavy (non-hydrogen) atoms. The fourth-order valence-electron chi connectivity index (χ4n) is 6.94. The number of allylic oxidation sites excluding steroid dienone is 4. The van der Waals surface area contributed by atoms with Crippen LogP contribution in [0.15, 0.2) is 58.4 Å². The molecule has 6 heteroatoms. The summed E-state index contributed by atoms with van der Waals surface area (Å²) in [7, 11) is 0. The third kappa shape index (κ3) is 17.8. The minimum absolute atomic E-state index is 0.868. The number of nitrogens with one attached hydrogen (secondary N) is 2. The zero-order valence-corrected chi connectivity index (χ0v) is 30.8. The molecular formula is C39H68N4S2. The lowest BCUT2D eigenvalue weighted by Gasteiger charge is -2.34. The summed E-state index contributed by atoms with van der Waals surface area (Å²) in [5.41, 5.74) is 0. The molecule has 2 N–H and O–H groups in total. The molecule has 0 aromatic heterocycles. The van der Waals surface area contributed by atoms with E-state index >= 15 is 0 Å². The smallest absolute Gasteiger partial charge is 0.0110 e. The van der Waals surface area contributed by atoms with E-state index in [0.717, 1.165) is 31.7 Å². The maximum Gasteiger partial charge on any atom is 0.0110 e. The maximum atomic E-state index is 3.66. The number of thioether (sulfide) groups is 2. The molecule has 0 spiro atoms. The van der Waals surface area contributed by atoms with Crippen LogP contribution in [0.5, 0.6) is 0 Å². The molecule has 0 unspecified atom stereocenters. The maximum absolute atomic E-state index is 3.66. The van der Waals surface area contributed by atoms with Crippen LogP contribution in [0.1, 0.15) is 110 Å². The van der Waals surface area contributed by atoms with Crippen molar-refractivity contribution in [2.45, 2.75) is 127 Å². The van der Waals surface area contributed by atoms with E-state index in [4.69, 9.17) is 0 Å². The molecule has 0 saturated heterocycles. The van der Waals surface area contributed by atoms with Crippen LogP contribution >= 0.6 is 23.5 Å². The number of nitrogens with zero attached hydrogens (tertiary/aromatic N) is 2. The Labute approximate surface area is 287 Å². The Balaban J connectivity index is 0.000000246. The first-order valence-electron chi connectivity index (χ1n) is 18.9. The van der Waals surface area contributed by atoms with Crippen LogP contribution in [-0.4, -0.2) is 85.7 Å². The van der Waals surface area contributed by atoms with Crippen LogP contribution in [-0.2, 0) is 0 Å². The van der Waals surface area contributed by atoms with Crippen molar-refractivity contribution in [2.24, 2.45) is 0 Å². The second-order valence-electron chi connectivity index (χ2n) is 13.1. The van der Waals surface area contributed by atoms with Gasteiger partial charge in [0, 0.05) is 43.2 Å². The van der Waals surface area contributed by atoms with Crippen molar-refractivity contribution in [3.63, 3.8) is 0 Å². The van der Waals surface area contributed by atoms with Crippen molar-refractivity contribution in [1.82, 2.24) is 20.4 Å². The predicted octanol–water partition coefficient (Wildman–Crippen LogP) is 9.39. The van der Waals surface area contributed by atoms with Crippen molar-refractivity contribution in [3.05, 3.63) is 53.5 Å². The molecule has 0 amide bonds. The summed E-state index contributed by atoms with van der Waals surface area (Å²) in [4.78, 5) is 8.43. The van der Waals surface area contributed by atoms with Crippen LogP contribution in [0.4, 0.5) is 0 Å². The highest BCUT2D eigenvalue weighted by molar-refractivity contribution is 8.03. The molecule has 256 valence electrons. The van der Waals surface area contributed by atoms with E-state index in [9.17, 15) is 0 Å². The molecular weight excluding hydrogens is 589 g/mol. The number of rotatable bonds is 22. The monoisotopic (exact) mass is 656 g/mol. The Bertz CT molecular complexity index is 880. The van der Waals surface area contributed by atoms with Gasteiger partial charge in [0.2, 0.25) is 0 Å². The molecule has 4 nitrogen and oxygen atoms in total. The van der Waals surface area contributed by atoms with Crippen LogP contribution in [0.3, 0.4) is 0 Å². The van der Waals surface area contributed by atoms with Gasteiger partial charge in [-0.3, -0.25) is 9.80 Å². The fraction of sp³-hybridized carbons (Fsp3) is 0.744. The van der Waals surface area contributed by atoms with Crippen LogP contribution in [0.2, 0.25) is 0 Å². The second-order valence-corrected chi connectivity index (χ2v) is 15.5. The molecule has 0 heterocycles. The minimum Gasteiger partial charge on any atom is -0.315 e. The summed E-state index contributed by atoms with van der Waals surface area (Å²) in [6.45, 7) is 14.3. The Hall–Kier alpha value is -0.760. The summed E-state index contributed by atoms with van der Waals surface area (Å²) >= 11 is 4.01. The van der Waals surface area contributed by atoms with Gasteiger partial charge >= 0.3 is 0 Å². The number of hydrogen-bond acceptors (Lipinski definition) is 6. The quantitative estimate of drug-likeness (QED) is 0.0956. The first-order valence-corrected chi connectivity index (χ1v) is 20.8. The Morgan fingerprint density at radius 3 is 1.76 bits per heavy atom. The van der Waals surface area contributed by atoms with Gasteiger partial charge in [-0.15, -0.1) is 23.5 Å². The molecule has 2 saturated carbocycles. The first-order chi connectivity index (χ1) is 22.3. The van der Waals surface area contributed by atoms with E-state index in [2.05, 4.69) is 94.6 Å². The second kappa shape index (κ2) is 26.2. The molecule has 0 radical (unpaired) electrons. The van der Waals surface area contributed by atoms with Crippen LogP contribution in [0.25, 0.3) is 0 Å². The summed E-state index contributed by atoms with van der Waals surface area (Å²) in [5.74, 6) is 2.46. The minimum atomic E-state index is 0.868. The zero-order chi connectivity index (χ0) is 31.6. The average molecular weight is 657 g/mol. The standard InChI is InChI=1S/C20H36N2S.C19H32N2S/c1-2-16-22(19-10-5-3-6-11-19)17-15-21-14-9-18-23-20-12-7-4-8-13-20;1-2-15-21(18-9-6-7-10-18)16-14-20-13-8-17-22-19-11-4-3-5-12-19/h4,7,12,19,21H,2-3,5-6,8-11,13-18H2,1H3;3-5,11-12,18,20H,2,6-10,13-17H2,1H3. The zero-order valence-electron chi connectivity index (χ0n) is 29.2. The van der Waals surface area contributed by atoms with Crippen molar-refractivity contribution < 1.29 is 0 Å². The molecule has 0 bridgehead atoms. The van der Waals surface area contributed by atoms with Gasteiger partial charge in [0.1, 0.15) is 0 Å². The largest absolute Gasteiger partial charge is 0.315 e. The Morgan fingerprint density at radius 1 is 0.667 bits per heavy atom. The van der Waals surface area contributed by atoms with Crippen LogP contribution < -0.4 is 10.6 Å². The normalized spacial score (nSPS) is 17.6. The lowest BCUT2D eigenvalue weighted by Crippen LogP contribution is -2.41. The van der Waals surface area contributed by atoms with Crippen LogP contribution in [0, 0.1) is 0 Å². The third-order valence-corrected chi connectivity index (χ3v) is 11.7. The summed E-state index contributed by atoms with van der Waals surface area (Å²) in [6.07, 6.45) is 27.3. The van der Waals surface area contributed by atoms with Gasteiger partial charge in [-0.25, -0.2) is 0 Å². The average Bonchev–Trinajstić information content (AvgIpc) is 3.63. The third-order valence-electron chi connectivity index (χ3n) is 9.38. The van der Waals surface area contributed by atoms with Crippen molar-refractivity contribution in [3.8, 4) is 0 Å². The van der Waals surface area contributed by atoms with E-state index in [1.54, 1.807) is 4.91 Å². The van der Waals surface area contributed by atoms with Gasteiger partial charge in [0.25, 0.3) is 0 Å². The fourth-order valence-corrected chi connectivity index (χ4v) is 8.81. The molecule has 3 aliphatic rings. The van der Waals surface area contributed by atoms with Gasteiger partial charge in [0.15, 0.2) is 0 Å². The number of benzene rings is 1. The molecule has 0 atom stereocenters. The Kier molecular flexibility index (Phi) is 22.5. The van der Waals surface area contributed by atoms with Gasteiger partial charge in [-0.1, -0.05) is 82.4 Å². The van der Waals surface area contributed by atoms with Crippen molar-refractivity contribution in [2.75, 3.05) is 63.9 Å². The van der Waals surface area contributed by atoms with Gasteiger partial charge in [-0.2, -0.15) is 0 Å². The highest BCUT2D eigenvalue weighted by Crippen LogP contribution is 2.25. The van der Waals surface area contributed by atoms with E-state index in [-0.39, 0.29) is 0 Å². The molecule has 3 aliphatic carbocycles. The van der Waals surface area contributed by atoms with Gasteiger partial charge in [-0.05, 0) is 119 Å². The van der Waals surface area contributed by atoms with Gasteiger partial charge < -0.3 is 10.6 Å². The van der Waals surface area contributed by atoms with Crippen molar-refractivity contribution in [1.29, 1.82) is 0 Å². The molecule has 1 aromatic rings. The molecule has 0 aliphatic heterocycles.